The van der Waals surface area contributed by atoms with Crippen LogP contribution in [0.3, 0.4) is 0 Å². The van der Waals surface area contributed by atoms with Gasteiger partial charge in [0.25, 0.3) is 0 Å². The number of rotatable bonds is 6. The van der Waals surface area contributed by atoms with Crippen molar-refractivity contribution in [3.63, 3.8) is 0 Å². The van der Waals surface area contributed by atoms with Gasteiger partial charge in [-0.25, -0.2) is 0 Å². The van der Waals surface area contributed by atoms with E-state index in [0.717, 1.165) is 11.5 Å². The maximum atomic E-state index is 5.59. The number of ether oxygens (including phenoxy) is 2. The first-order valence-electron chi connectivity index (χ1n) is 9.08. The molecule has 3 heteroatoms. The van der Waals surface area contributed by atoms with Gasteiger partial charge < -0.3 is 9.47 Å². The Morgan fingerprint density at radius 2 is 1.07 bits per heavy atom. The molecular formula is C24H27NO2. The second kappa shape index (κ2) is 11.0. The molecule has 0 saturated heterocycles. The fourth-order valence-electron chi connectivity index (χ4n) is 2.21. The highest BCUT2D eigenvalue weighted by atomic mass is 16.5. The van der Waals surface area contributed by atoms with Crippen LogP contribution in [0.2, 0.25) is 0 Å². The van der Waals surface area contributed by atoms with Crippen LogP contribution < -0.4 is 9.47 Å². The van der Waals surface area contributed by atoms with Gasteiger partial charge in [-0.2, -0.15) is 0 Å². The van der Waals surface area contributed by atoms with E-state index in [-0.39, 0.29) is 5.54 Å². The van der Waals surface area contributed by atoms with E-state index in [0.29, 0.717) is 26.3 Å². The Morgan fingerprint density at radius 1 is 0.667 bits per heavy atom. The molecule has 0 aliphatic heterocycles. The van der Waals surface area contributed by atoms with Crippen LogP contribution in [0.1, 0.15) is 20.8 Å². The molecule has 0 saturated carbocycles. The predicted octanol–water partition coefficient (Wildman–Crippen LogP) is 4.25. The first-order valence-corrected chi connectivity index (χ1v) is 9.08. The van der Waals surface area contributed by atoms with Gasteiger partial charge in [0.05, 0.1) is 13.1 Å². The zero-order valence-electron chi connectivity index (χ0n) is 16.4. The van der Waals surface area contributed by atoms with E-state index in [9.17, 15) is 0 Å². The van der Waals surface area contributed by atoms with Crippen LogP contribution in [-0.2, 0) is 0 Å². The van der Waals surface area contributed by atoms with Crippen LogP contribution >= 0.6 is 0 Å². The number of nitrogens with zero attached hydrogens (tertiary/aromatic N) is 1. The molecule has 0 radical (unpaired) electrons. The molecule has 2 rings (SSSR count). The summed E-state index contributed by atoms with van der Waals surface area (Å²) in [6, 6.07) is 19.4. The Kier molecular flexibility index (Phi) is 8.30. The second-order valence-electron chi connectivity index (χ2n) is 6.94. The minimum atomic E-state index is -0.00999. The van der Waals surface area contributed by atoms with Crippen molar-refractivity contribution in [2.24, 2.45) is 0 Å². The maximum Gasteiger partial charge on any atom is 0.149 e. The van der Waals surface area contributed by atoms with Gasteiger partial charge in [-0.05, 0) is 45.0 Å². The normalized spacial score (nSPS) is 10.4. The summed E-state index contributed by atoms with van der Waals surface area (Å²) in [4.78, 5) is 2.23. The van der Waals surface area contributed by atoms with Gasteiger partial charge >= 0.3 is 0 Å². The summed E-state index contributed by atoms with van der Waals surface area (Å²) >= 11 is 0. The zero-order valence-corrected chi connectivity index (χ0v) is 16.4. The Bertz CT molecular complexity index is 723. The molecule has 0 N–H and O–H groups in total. The molecule has 0 fully saturated rings. The highest BCUT2D eigenvalue weighted by molar-refractivity contribution is 5.22. The smallest absolute Gasteiger partial charge is 0.149 e. The third kappa shape index (κ3) is 8.36. The van der Waals surface area contributed by atoms with Crippen LogP contribution in [0.5, 0.6) is 11.5 Å². The molecule has 0 aliphatic rings. The first kappa shape index (κ1) is 20.4. The van der Waals surface area contributed by atoms with Gasteiger partial charge in [-0.15, -0.1) is 0 Å². The van der Waals surface area contributed by atoms with Crippen LogP contribution in [0, 0.1) is 23.7 Å². The lowest BCUT2D eigenvalue weighted by atomic mass is 10.1. The van der Waals surface area contributed by atoms with Gasteiger partial charge in [0.15, 0.2) is 0 Å². The summed E-state index contributed by atoms with van der Waals surface area (Å²) < 4.78 is 11.2. The van der Waals surface area contributed by atoms with Crippen LogP contribution in [0.15, 0.2) is 60.7 Å². The lowest BCUT2D eigenvalue weighted by Gasteiger charge is -2.32. The molecule has 0 aromatic heterocycles. The van der Waals surface area contributed by atoms with E-state index in [2.05, 4.69) is 49.4 Å². The molecule has 27 heavy (non-hydrogen) atoms. The van der Waals surface area contributed by atoms with Gasteiger partial charge in [0.1, 0.15) is 24.7 Å². The molecule has 140 valence electrons. The molecule has 0 unspecified atom stereocenters. The van der Waals surface area contributed by atoms with E-state index >= 15 is 0 Å². The van der Waals surface area contributed by atoms with Crippen molar-refractivity contribution in [2.45, 2.75) is 26.3 Å². The van der Waals surface area contributed by atoms with Gasteiger partial charge in [0, 0.05) is 5.54 Å². The average molecular weight is 361 g/mol. The molecule has 3 nitrogen and oxygen atoms in total. The highest BCUT2D eigenvalue weighted by Gasteiger charge is 2.18. The zero-order chi connectivity index (χ0) is 19.4. The number of hydrogen-bond donors (Lipinski definition) is 0. The topological polar surface area (TPSA) is 21.7 Å². The van der Waals surface area contributed by atoms with Gasteiger partial charge in [0.2, 0.25) is 0 Å². The lowest BCUT2D eigenvalue weighted by molar-refractivity contribution is 0.179. The SMILES string of the molecule is CC(C)(C)N(CC#CCOc1ccccc1)CC#CCOc1ccccc1. The number of benzene rings is 2. The third-order valence-electron chi connectivity index (χ3n) is 3.85. The van der Waals surface area contributed by atoms with E-state index in [1.54, 1.807) is 0 Å². The summed E-state index contributed by atoms with van der Waals surface area (Å²) in [5.41, 5.74) is -0.00999. The molecule has 0 heterocycles. The van der Waals surface area contributed by atoms with Gasteiger partial charge in [-0.3, -0.25) is 4.90 Å². The van der Waals surface area contributed by atoms with Crippen molar-refractivity contribution in [1.82, 2.24) is 4.90 Å². The molecular weight excluding hydrogens is 334 g/mol. The van der Waals surface area contributed by atoms with Gasteiger partial charge in [-0.1, -0.05) is 60.1 Å². The summed E-state index contributed by atoms with van der Waals surface area (Å²) in [5.74, 6) is 14.2. The molecule has 0 amide bonds. The van der Waals surface area contributed by atoms with Crippen molar-refractivity contribution < 1.29 is 9.47 Å². The van der Waals surface area contributed by atoms with Crippen molar-refractivity contribution in [1.29, 1.82) is 0 Å². The molecule has 0 spiro atoms. The van der Waals surface area contributed by atoms with Crippen molar-refractivity contribution in [3.8, 4) is 35.2 Å². The fraction of sp³-hybridized carbons (Fsp3) is 0.333. The molecule has 0 bridgehead atoms. The molecule has 2 aromatic rings. The Hall–Kier alpha value is -2.88. The molecule has 0 atom stereocenters. The minimum absolute atomic E-state index is 0.00999. The van der Waals surface area contributed by atoms with Crippen molar-refractivity contribution >= 4 is 0 Å². The lowest BCUT2D eigenvalue weighted by Crippen LogP contribution is -2.41. The molecule has 2 aromatic carbocycles. The monoisotopic (exact) mass is 361 g/mol. The standard InChI is InChI=1S/C24H27NO2/c1-24(2,3)25(18-10-12-20-26-22-14-6-4-7-15-22)19-11-13-21-27-23-16-8-5-9-17-23/h4-9,14-17H,18-21H2,1-3H3. The summed E-state index contributed by atoms with van der Waals surface area (Å²) in [7, 11) is 0. The van der Waals surface area contributed by atoms with E-state index < -0.39 is 0 Å². The Morgan fingerprint density at radius 3 is 1.44 bits per heavy atom. The quantitative estimate of drug-likeness (QED) is 0.718. The summed E-state index contributed by atoms with van der Waals surface area (Å²) in [6.45, 7) is 8.56. The predicted molar refractivity (Wildman–Crippen MR) is 111 cm³/mol. The van der Waals surface area contributed by atoms with Crippen LogP contribution in [-0.4, -0.2) is 36.7 Å². The summed E-state index contributed by atoms with van der Waals surface area (Å²) in [6.07, 6.45) is 0. The number of para-hydroxylation sites is 2. The second-order valence-corrected chi connectivity index (χ2v) is 6.94. The first-order chi connectivity index (χ1) is 13.1. The van der Waals surface area contributed by atoms with E-state index in [4.69, 9.17) is 9.47 Å². The van der Waals surface area contributed by atoms with E-state index in [1.165, 1.54) is 0 Å². The third-order valence-corrected chi connectivity index (χ3v) is 3.85. The summed E-state index contributed by atoms with van der Waals surface area (Å²) in [5, 5.41) is 0. The Balaban J connectivity index is 1.77. The van der Waals surface area contributed by atoms with Crippen molar-refractivity contribution in [2.75, 3.05) is 26.3 Å². The highest BCUT2D eigenvalue weighted by Crippen LogP contribution is 2.12. The average Bonchev–Trinajstić information content (AvgIpc) is 2.66. The van der Waals surface area contributed by atoms with Crippen molar-refractivity contribution in [3.05, 3.63) is 60.7 Å². The number of hydrogen-bond acceptors (Lipinski definition) is 3. The largest absolute Gasteiger partial charge is 0.481 e. The fourth-order valence-corrected chi connectivity index (χ4v) is 2.21. The van der Waals surface area contributed by atoms with Crippen LogP contribution in [0.25, 0.3) is 0 Å². The maximum absolute atomic E-state index is 5.59. The minimum Gasteiger partial charge on any atom is -0.481 e. The Labute approximate surface area is 163 Å². The molecule has 0 aliphatic carbocycles. The van der Waals surface area contributed by atoms with Crippen LogP contribution in [0.4, 0.5) is 0 Å². The van der Waals surface area contributed by atoms with E-state index in [1.807, 2.05) is 60.7 Å².